The Morgan fingerprint density at radius 1 is 1.03 bits per heavy atom. The SMILES string of the molecule is Cc1nc(C(=O)N2C[C@H]3C[C@@H](C2)[C@H](CC2CCCCC2)N2CCCC[C@@H]32)c(C)[nH]1. The van der Waals surface area contributed by atoms with Crippen molar-refractivity contribution in [3.05, 3.63) is 17.2 Å². The number of nitrogens with one attached hydrogen (secondary N) is 1. The third-order valence-corrected chi connectivity index (χ3v) is 8.41. The number of amides is 1. The van der Waals surface area contributed by atoms with Crippen LogP contribution in [-0.2, 0) is 0 Å². The van der Waals surface area contributed by atoms with E-state index in [1.165, 1.54) is 70.8 Å². The highest BCUT2D eigenvalue weighted by Crippen LogP contribution is 2.44. The Hall–Kier alpha value is -1.36. The summed E-state index contributed by atoms with van der Waals surface area (Å²) < 4.78 is 0. The molecule has 4 fully saturated rings. The summed E-state index contributed by atoms with van der Waals surface area (Å²) in [6.07, 6.45) is 13.9. The van der Waals surface area contributed by atoms with Crippen molar-refractivity contribution in [3.63, 3.8) is 0 Å². The number of imidazole rings is 1. The summed E-state index contributed by atoms with van der Waals surface area (Å²) in [5, 5.41) is 0. The molecule has 4 aliphatic rings. The van der Waals surface area contributed by atoms with Crippen LogP contribution < -0.4 is 0 Å². The number of rotatable bonds is 3. The fourth-order valence-corrected chi connectivity index (χ4v) is 7.13. The Balaban J connectivity index is 1.37. The molecular weight excluding hydrogens is 360 g/mol. The van der Waals surface area contributed by atoms with Crippen LogP contribution in [0.2, 0.25) is 0 Å². The van der Waals surface area contributed by atoms with Crippen LogP contribution in [0.15, 0.2) is 0 Å². The van der Waals surface area contributed by atoms with Crippen LogP contribution in [0.3, 0.4) is 0 Å². The molecule has 0 unspecified atom stereocenters. The van der Waals surface area contributed by atoms with Gasteiger partial charge in [0.05, 0.1) is 0 Å². The molecule has 0 radical (unpaired) electrons. The fourth-order valence-electron chi connectivity index (χ4n) is 7.13. The maximum Gasteiger partial charge on any atom is 0.274 e. The molecule has 1 aliphatic carbocycles. The highest BCUT2D eigenvalue weighted by molar-refractivity contribution is 5.93. The van der Waals surface area contributed by atoms with E-state index >= 15 is 0 Å². The number of carbonyl (C=O) groups is 1. The number of hydrogen-bond donors (Lipinski definition) is 1. The molecule has 5 nitrogen and oxygen atoms in total. The van der Waals surface area contributed by atoms with Crippen LogP contribution in [0, 0.1) is 31.6 Å². The number of aromatic amines is 1. The van der Waals surface area contributed by atoms with Gasteiger partial charge in [0.2, 0.25) is 0 Å². The van der Waals surface area contributed by atoms with E-state index in [9.17, 15) is 4.79 Å². The Morgan fingerprint density at radius 2 is 1.79 bits per heavy atom. The number of nitrogens with zero attached hydrogens (tertiary/aromatic N) is 3. The molecule has 4 heterocycles. The van der Waals surface area contributed by atoms with Gasteiger partial charge in [0, 0.05) is 30.9 Å². The first kappa shape index (κ1) is 19.6. The van der Waals surface area contributed by atoms with E-state index in [0.29, 0.717) is 29.6 Å². The zero-order valence-corrected chi connectivity index (χ0v) is 18.3. The smallest absolute Gasteiger partial charge is 0.274 e. The van der Waals surface area contributed by atoms with Crippen LogP contribution in [0.25, 0.3) is 0 Å². The maximum absolute atomic E-state index is 13.4. The van der Waals surface area contributed by atoms with E-state index in [4.69, 9.17) is 0 Å². The lowest BCUT2D eigenvalue weighted by Crippen LogP contribution is -2.64. The van der Waals surface area contributed by atoms with Gasteiger partial charge in [-0.2, -0.15) is 0 Å². The lowest BCUT2D eigenvalue weighted by molar-refractivity contribution is -0.0726. The van der Waals surface area contributed by atoms with Crippen molar-refractivity contribution in [2.24, 2.45) is 17.8 Å². The van der Waals surface area contributed by atoms with Crippen LogP contribution in [0.1, 0.15) is 86.2 Å². The van der Waals surface area contributed by atoms with Crippen LogP contribution in [0.5, 0.6) is 0 Å². The average molecular weight is 399 g/mol. The molecule has 1 aromatic rings. The number of aryl methyl sites for hydroxylation is 2. The lowest BCUT2D eigenvalue weighted by Gasteiger charge is -2.57. The summed E-state index contributed by atoms with van der Waals surface area (Å²) >= 11 is 0. The van der Waals surface area contributed by atoms with Gasteiger partial charge in [-0.15, -0.1) is 0 Å². The lowest BCUT2D eigenvalue weighted by atomic mass is 9.69. The van der Waals surface area contributed by atoms with Gasteiger partial charge in [0.1, 0.15) is 11.5 Å². The molecule has 2 bridgehead atoms. The predicted octanol–water partition coefficient (Wildman–Crippen LogP) is 4.31. The molecule has 5 heteroatoms. The number of hydrogen-bond acceptors (Lipinski definition) is 3. The number of carbonyl (C=O) groups excluding carboxylic acids is 1. The van der Waals surface area contributed by atoms with Gasteiger partial charge in [-0.3, -0.25) is 9.69 Å². The monoisotopic (exact) mass is 398 g/mol. The largest absolute Gasteiger partial charge is 0.346 e. The fraction of sp³-hybridized carbons (Fsp3) is 0.833. The normalized spacial score (nSPS) is 33.5. The summed E-state index contributed by atoms with van der Waals surface area (Å²) in [5.74, 6) is 3.21. The van der Waals surface area contributed by atoms with E-state index < -0.39 is 0 Å². The van der Waals surface area contributed by atoms with Gasteiger partial charge in [-0.05, 0) is 63.8 Å². The summed E-state index contributed by atoms with van der Waals surface area (Å²) in [7, 11) is 0. The van der Waals surface area contributed by atoms with E-state index in [1.807, 2.05) is 13.8 Å². The molecule has 0 aromatic carbocycles. The number of piperidine rings is 3. The molecule has 1 aromatic heterocycles. The molecule has 3 saturated heterocycles. The van der Waals surface area contributed by atoms with Crippen molar-refractivity contribution < 1.29 is 4.79 Å². The molecule has 1 N–H and O–H groups in total. The number of fused-ring (bicyclic) bond motifs is 4. The van der Waals surface area contributed by atoms with Gasteiger partial charge >= 0.3 is 0 Å². The Labute approximate surface area is 175 Å². The Bertz CT molecular complexity index is 737. The van der Waals surface area contributed by atoms with Crippen molar-refractivity contribution >= 4 is 5.91 Å². The predicted molar refractivity (Wildman–Crippen MR) is 115 cm³/mol. The van der Waals surface area contributed by atoms with E-state index in [2.05, 4.69) is 19.8 Å². The van der Waals surface area contributed by atoms with Crippen molar-refractivity contribution in [2.45, 2.75) is 90.1 Å². The zero-order valence-electron chi connectivity index (χ0n) is 18.3. The summed E-state index contributed by atoms with van der Waals surface area (Å²) in [4.78, 5) is 26.2. The van der Waals surface area contributed by atoms with E-state index in [1.54, 1.807) is 0 Å². The van der Waals surface area contributed by atoms with Gasteiger partial charge in [0.25, 0.3) is 5.91 Å². The van der Waals surface area contributed by atoms with Gasteiger partial charge in [-0.25, -0.2) is 4.98 Å². The highest BCUT2D eigenvalue weighted by Gasteiger charge is 2.48. The molecule has 29 heavy (non-hydrogen) atoms. The van der Waals surface area contributed by atoms with Crippen molar-refractivity contribution in [2.75, 3.05) is 19.6 Å². The minimum Gasteiger partial charge on any atom is -0.346 e. The first-order chi connectivity index (χ1) is 14.1. The Kier molecular flexibility index (Phi) is 5.44. The summed E-state index contributed by atoms with van der Waals surface area (Å²) in [6, 6.07) is 1.39. The quantitative estimate of drug-likeness (QED) is 0.825. The van der Waals surface area contributed by atoms with Crippen molar-refractivity contribution in [1.29, 1.82) is 0 Å². The van der Waals surface area contributed by atoms with Gasteiger partial charge in [0.15, 0.2) is 0 Å². The van der Waals surface area contributed by atoms with Crippen molar-refractivity contribution in [1.82, 2.24) is 19.8 Å². The number of aromatic nitrogens is 2. The molecule has 1 amide bonds. The minimum absolute atomic E-state index is 0.155. The average Bonchev–Trinajstić information content (AvgIpc) is 3.09. The third-order valence-electron chi connectivity index (χ3n) is 8.41. The Morgan fingerprint density at radius 3 is 2.55 bits per heavy atom. The summed E-state index contributed by atoms with van der Waals surface area (Å²) in [5.41, 5.74) is 1.56. The highest BCUT2D eigenvalue weighted by atomic mass is 16.2. The molecule has 1 saturated carbocycles. The molecule has 160 valence electrons. The van der Waals surface area contributed by atoms with E-state index in [0.717, 1.165) is 30.5 Å². The number of likely N-dealkylation sites (tertiary alicyclic amines) is 1. The topological polar surface area (TPSA) is 52.2 Å². The first-order valence-electron chi connectivity index (χ1n) is 12.2. The molecular formula is C24H38N4O. The molecule has 0 spiro atoms. The second-order valence-electron chi connectivity index (χ2n) is 10.4. The van der Waals surface area contributed by atoms with Crippen molar-refractivity contribution in [3.8, 4) is 0 Å². The summed E-state index contributed by atoms with van der Waals surface area (Å²) in [6.45, 7) is 7.07. The van der Waals surface area contributed by atoms with Crippen LogP contribution in [0.4, 0.5) is 0 Å². The molecule has 3 aliphatic heterocycles. The second-order valence-corrected chi connectivity index (χ2v) is 10.4. The standard InChI is InChI=1S/C24H38N4O/c1-16-23(26-17(2)25-16)24(29)27-14-19-13-20(15-27)22(12-18-8-4-3-5-9-18)28-11-7-6-10-21(19)28/h18-22H,3-15H2,1-2H3,(H,25,26)/t19-,20+,21+,22+/m1/s1. The first-order valence-corrected chi connectivity index (χ1v) is 12.2. The van der Waals surface area contributed by atoms with Crippen LogP contribution in [-0.4, -0.2) is 57.4 Å². The minimum atomic E-state index is 0.155. The molecule has 5 rings (SSSR count). The van der Waals surface area contributed by atoms with E-state index in [-0.39, 0.29) is 5.91 Å². The van der Waals surface area contributed by atoms with Crippen LogP contribution >= 0.6 is 0 Å². The second kappa shape index (κ2) is 8.05. The van der Waals surface area contributed by atoms with Gasteiger partial charge < -0.3 is 9.88 Å². The van der Waals surface area contributed by atoms with Gasteiger partial charge in [-0.1, -0.05) is 38.5 Å². The number of H-pyrrole nitrogens is 1. The molecule has 4 atom stereocenters. The maximum atomic E-state index is 13.4. The zero-order chi connectivity index (χ0) is 20.0. The third kappa shape index (κ3) is 3.75.